The molecule has 0 fully saturated rings. The first kappa shape index (κ1) is 7.48. The van der Waals surface area contributed by atoms with Crippen LogP contribution in [-0.4, -0.2) is 13.2 Å². The smallest absolute Gasteiger partial charge is 0.0821 e. The fourth-order valence-electron chi connectivity index (χ4n) is 0.278. The second-order valence-corrected chi connectivity index (χ2v) is 1.18. The van der Waals surface area contributed by atoms with Crippen molar-refractivity contribution in [2.75, 3.05) is 13.2 Å². The van der Waals surface area contributed by atoms with Gasteiger partial charge >= 0.3 is 0 Å². The van der Waals surface area contributed by atoms with E-state index in [1.165, 1.54) is 0 Å². The highest BCUT2D eigenvalue weighted by Crippen LogP contribution is 1.60. The van der Waals surface area contributed by atoms with Crippen molar-refractivity contribution in [1.82, 2.24) is 5.48 Å². The third-order valence-corrected chi connectivity index (χ3v) is 0.584. The summed E-state index contributed by atoms with van der Waals surface area (Å²) in [6.45, 7) is 5.02. The largest absolute Gasteiger partial charge is 0.301 e. The van der Waals surface area contributed by atoms with Crippen LogP contribution in [0, 0.1) is 11.8 Å². The van der Waals surface area contributed by atoms with E-state index in [1.807, 2.05) is 6.92 Å². The first-order valence-electron chi connectivity index (χ1n) is 2.66. The number of rotatable bonds is 3. The lowest BCUT2D eigenvalue weighted by Crippen LogP contribution is -2.13. The van der Waals surface area contributed by atoms with Crippen molar-refractivity contribution in [3.8, 4) is 11.8 Å². The summed E-state index contributed by atoms with van der Waals surface area (Å²) in [5.41, 5.74) is 2.66. The second-order valence-electron chi connectivity index (χ2n) is 1.18. The predicted molar refractivity (Wildman–Crippen MR) is 33.1 cm³/mol. The van der Waals surface area contributed by atoms with Crippen LogP contribution in [0.4, 0.5) is 0 Å². The van der Waals surface area contributed by atoms with Crippen LogP contribution in [0.15, 0.2) is 0 Å². The third-order valence-electron chi connectivity index (χ3n) is 0.584. The van der Waals surface area contributed by atoms with E-state index in [0.29, 0.717) is 13.2 Å². The normalized spacial score (nSPS) is 7.75. The lowest BCUT2D eigenvalue weighted by molar-refractivity contribution is 0.0601. The zero-order valence-electron chi connectivity index (χ0n) is 5.32. The van der Waals surface area contributed by atoms with Gasteiger partial charge in [0.15, 0.2) is 0 Å². The number of nitrogens with one attached hydrogen (secondary N) is 1. The second kappa shape index (κ2) is 6.48. The minimum Gasteiger partial charge on any atom is -0.301 e. The summed E-state index contributed by atoms with van der Waals surface area (Å²) in [7, 11) is 0. The van der Waals surface area contributed by atoms with Crippen LogP contribution in [0.1, 0.15) is 13.8 Å². The van der Waals surface area contributed by atoms with Gasteiger partial charge in [0.2, 0.25) is 0 Å². The zero-order chi connectivity index (χ0) is 6.24. The summed E-state index contributed by atoms with van der Waals surface area (Å²) >= 11 is 0. The van der Waals surface area contributed by atoms with Crippen LogP contribution in [0.5, 0.6) is 0 Å². The zero-order valence-corrected chi connectivity index (χ0v) is 5.32. The summed E-state index contributed by atoms with van der Waals surface area (Å²) in [6.07, 6.45) is 0. The topological polar surface area (TPSA) is 21.3 Å². The Morgan fingerprint density at radius 1 is 1.62 bits per heavy atom. The van der Waals surface area contributed by atoms with Crippen molar-refractivity contribution in [2.24, 2.45) is 0 Å². The van der Waals surface area contributed by atoms with Crippen molar-refractivity contribution in [2.45, 2.75) is 13.8 Å². The summed E-state index contributed by atoms with van der Waals surface area (Å²) in [5.74, 6) is 5.53. The van der Waals surface area contributed by atoms with Crippen molar-refractivity contribution >= 4 is 0 Å². The van der Waals surface area contributed by atoms with Gasteiger partial charge < -0.3 is 4.84 Å². The molecule has 0 saturated carbocycles. The molecular weight excluding hydrogens is 102 g/mol. The van der Waals surface area contributed by atoms with Crippen molar-refractivity contribution in [3.05, 3.63) is 0 Å². The van der Waals surface area contributed by atoms with Crippen LogP contribution < -0.4 is 5.48 Å². The molecule has 0 radical (unpaired) electrons. The molecule has 0 rings (SSSR count). The van der Waals surface area contributed by atoms with Crippen LogP contribution >= 0.6 is 0 Å². The van der Waals surface area contributed by atoms with Gasteiger partial charge in [-0.05, 0) is 13.8 Å². The van der Waals surface area contributed by atoms with Gasteiger partial charge in [-0.1, -0.05) is 5.92 Å². The number of hydrogen-bond acceptors (Lipinski definition) is 2. The molecule has 0 amide bonds. The minimum atomic E-state index is 0.615. The molecule has 2 heteroatoms. The van der Waals surface area contributed by atoms with Crippen LogP contribution in [-0.2, 0) is 4.84 Å². The molecule has 1 N–H and O–H groups in total. The van der Waals surface area contributed by atoms with Gasteiger partial charge in [-0.15, -0.1) is 5.92 Å². The Balaban J connectivity index is 2.79. The summed E-state index contributed by atoms with van der Waals surface area (Å²) < 4.78 is 0. The van der Waals surface area contributed by atoms with Crippen LogP contribution in [0.3, 0.4) is 0 Å². The van der Waals surface area contributed by atoms with Gasteiger partial charge in [0.05, 0.1) is 13.2 Å². The molecule has 0 aromatic rings. The summed E-state index contributed by atoms with van der Waals surface area (Å²) in [6, 6.07) is 0. The Kier molecular flexibility index (Phi) is 6.06. The highest BCUT2D eigenvalue weighted by atomic mass is 16.6. The Morgan fingerprint density at radius 2 is 2.38 bits per heavy atom. The molecule has 0 unspecified atom stereocenters. The maximum atomic E-state index is 4.78. The molecule has 0 aromatic carbocycles. The average molecular weight is 113 g/mol. The van der Waals surface area contributed by atoms with Crippen molar-refractivity contribution < 1.29 is 4.84 Å². The van der Waals surface area contributed by atoms with E-state index in [-0.39, 0.29) is 0 Å². The fraction of sp³-hybridized carbons (Fsp3) is 0.667. The van der Waals surface area contributed by atoms with E-state index >= 15 is 0 Å². The average Bonchev–Trinajstić information content (AvgIpc) is 1.81. The fourth-order valence-corrected chi connectivity index (χ4v) is 0.278. The molecule has 0 aromatic heterocycles. The van der Waals surface area contributed by atoms with E-state index in [4.69, 9.17) is 4.84 Å². The maximum Gasteiger partial charge on any atom is 0.0821 e. The van der Waals surface area contributed by atoms with E-state index in [0.717, 1.165) is 0 Å². The monoisotopic (exact) mass is 113 g/mol. The minimum absolute atomic E-state index is 0.615. The SMILES string of the molecule is CC#CCNOCC. The molecule has 0 heterocycles. The van der Waals surface area contributed by atoms with Gasteiger partial charge in [0.1, 0.15) is 0 Å². The van der Waals surface area contributed by atoms with Gasteiger partial charge in [-0.2, -0.15) is 5.48 Å². The molecule has 8 heavy (non-hydrogen) atoms. The third kappa shape index (κ3) is 5.48. The van der Waals surface area contributed by atoms with Crippen molar-refractivity contribution in [3.63, 3.8) is 0 Å². The van der Waals surface area contributed by atoms with E-state index in [1.54, 1.807) is 6.92 Å². The Bertz CT molecular complexity index is 90.4. The molecule has 0 aliphatic heterocycles. The lowest BCUT2D eigenvalue weighted by atomic mass is 10.6. The molecule has 0 aliphatic rings. The predicted octanol–water partition coefficient (Wildman–Crippen LogP) is 0.551. The molecule has 0 bridgehead atoms. The molecule has 2 nitrogen and oxygen atoms in total. The maximum absolute atomic E-state index is 4.78. The highest BCUT2D eigenvalue weighted by Gasteiger charge is 1.73. The van der Waals surface area contributed by atoms with Gasteiger partial charge in [0.25, 0.3) is 0 Å². The van der Waals surface area contributed by atoms with E-state index in [9.17, 15) is 0 Å². The Morgan fingerprint density at radius 3 is 2.88 bits per heavy atom. The first-order valence-corrected chi connectivity index (χ1v) is 2.66. The quantitative estimate of drug-likeness (QED) is 0.328. The number of hydroxylamine groups is 1. The molecule has 0 atom stereocenters. The van der Waals surface area contributed by atoms with Crippen LogP contribution in [0.25, 0.3) is 0 Å². The number of hydrogen-bond donors (Lipinski definition) is 1. The Labute approximate surface area is 50.2 Å². The molecule has 0 saturated heterocycles. The van der Waals surface area contributed by atoms with Crippen molar-refractivity contribution in [1.29, 1.82) is 0 Å². The molecular formula is C6H11NO. The molecule has 46 valence electrons. The first-order chi connectivity index (χ1) is 3.91. The molecule has 0 spiro atoms. The van der Waals surface area contributed by atoms with Gasteiger partial charge in [-0.25, -0.2) is 0 Å². The standard InChI is InChI=1S/C6H11NO/c1-3-5-6-7-8-4-2/h7H,4,6H2,1-2H3. The van der Waals surface area contributed by atoms with E-state index < -0.39 is 0 Å². The molecule has 0 aliphatic carbocycles. The van der Waals surface area contributed by atoms with Gasteiger partial charge in [-0.3, -0.25) is 0 Å². The van der Waals surface area contributed by atoms with E-state index in [2.05, 4.69) is 17.3 Å². The lowest BCUT2D eigenvalue weighted by Gasteiger charge is -1.94. The Hall–Kier alpha value is -0.520. The highest BCUT2D eigenvalue weighted by molar-refractivity contribution is 4.95. The van der Waals surface area contributed by atoms with Crippen LogP contribution in [0.2, 0.25) is 0 Å². The van der Waals surface area contributed by atoms with Gasteiger partial charge in [0, 0.05) is 0 Å². The summed E-state index contributed by atoms with van der Waals surface area (Å²) in [4.78, 5) is 4.78. The summed E-state index contributed by atoms with van der Waals surface area (Å²) in [5, 5.41) is 0.